The lowest BCUT2D eigenvalue weighted by molar-refractivity contribution is 0.00916. The molecule has 0 aliphatic carbocycles. The first kappa shape index (κ1) is 15.9. The maximum Gasteiger partial charge on any atom is 0.118 e. The van der Waals surface area contributed by atoms with Crippen molar-refractivity contribution < 1.29 is 9.47 Å². The largest absolute Gasteiger partial charge is 0.497 e. The second kappa shape index (κ2) is 7.55. The summed E-state index contributed by atoms with van der Waals surface area (Å²) in [4.78, 5) is 6.91. The van der Waals surface area contributed by atoms with Gasteiger partial charge in [-0.15, -0.1) is 0 Å². The highest BCUT2D eigenvalue weighted by Crippen LogP contribution is 2.32. The Balaban J connectivity index is 1.89. The molecule has 0 spiro atoms. The molecule has 1 aromatic carbocycles. The van der Waals surface area contributed by atoms with Crippen LogP contribution < -0.4 is 10.5 Å². The number of hydrogen-bond donors (Lipinski definition) is 1. The predicted molar refractivity (Wildman–Crippen MR) is 89.3 cm³/mol. The van der Waals surface area contributed by atoms with Gasteiger partial charge in [0.2, 0.25) is 0 Å². The molecule has 2 unspecified atom stereocenters. The standard InChI is InChI=1S/C18H23N3O2/c1-22-15-7-5-14(6-8-15)17(19)18(16-4-2-3-9-20-16)21-10-12-23-13-11-21/h2-9,17-18H,10-13,19H2,1H3. The molecule has 0 amide bonds. The second-order valence-corrected chi connectivity index (χ2v) is 5.65. The Kier molecular flexibility index (Phi) is 5.23. The lowest BCUT2D eigenvalue weighted by atomic mass is 9.95. The van der Waals surface area contributed by atoms with Crippen LogP contribution in [0.4, 0.5) is 0 Å². The van der Waals surface area contributed by atoms with Crippen molar-refractivity contribution in [1.82, 2.24) is 9.88 Å². The SMILES string of the molecule is COc1ccc(C(N)C(c2ccccn2)N2CCOCC2)cc1. The normalized spacial score (nSPS) is 18.3. The molecular weight excluding hydrogens is 290 g/mol. The fourth-order valence-electron chi connectivity index (χ4n) is 3.01. The molecule has 0 radical (unpaired) electrons. The number of methoxy groups -OCH3 is 1. The third kappa shape index (κ3) is 3.69. The van der Waals surface area contributed by atoms with Crippen molar-refractivity contribution in [3.63, 3.8) is 0 Å². The molecule has 1 aliphatic heterocycles. The van der Waals surface area contributed by atoms with E-state index in [0.29, 0.717) is 0 Å². The molecule has 23 heavy (non-hydrogen) atoms. The van der Waals surface area contributed by atoms with Gasteiger partial charge in [0.25, 0.3) is 0 Å². The van der Waals surface area contributed by atoms with Gasteiger partial charge >= 0.3 is 0 Å². The van der Waals surface area contributed by atoms with E-state index in [0.717, 1.165) is 43.3 Å². The van der Waals surface area contributed by atoms with Crippen molar-refractivity contribution >= 4 is 0 Å². The van der Waals surface area contributed by atoms with E-state index >= 15 is 0 Å². The van der Waals surface area contributed by atoms with Crippen molar-refractivity contribution in [2.24, 2.45) is 5.73 Å². The van der Waals surface area contributed by atoms with Gasteiger partial charge in [0.05, 0.1) is 38.1 Å². The van der Waals surface area contributed by atoms with Crippen molar-refractivity contribution in [3.8, 4) is 5.75 Å². The van der Waals surface area contributed by atoms with Gasteiger partial charge in [-0.05, 0) is 29.8 Å². The lowest BCUT2D eigenvalue weighted by Gasteiger charge is -2.37. The summed E-state index contributed by atoms with van der Waals surface area (Å²) in [6.45, 7) is 3.20. The molecule has 5 nitrogen and oxygen atoms in total. The van der Waals surface area contributed by atoms with Crippen molar-refractivity contribution in [2.75, 3.05) is 33.4 Å². The maximum absolute atomic E-state index is 6.63. The first-order valence-corrected chi connectivity index (χ1v) is 7.92. The van der Waals surface area contributed by atoms with Crippen LogP contribution in [0, 0.1) is 0 Å². The molecule has 1 fully saturated rings. The van der Waals surface area contributed by atoms with Crippen LogP contribution in [0.15, 0.2) is 48.7 Å². The molecule has 2 aromatic rings. The Morgan fingerprint density at radius 3 is 2.48 bits per heavy atom. The number of hydrogen-bond acceptors (Lipinski definition) is 5. The molecular formula is C18H23N3O2. The monoisotopic (exact) mass is 313 g/mol. The third-order valence-electron chi connectivity index (χ3n) is 4.27. The van der Waals surface area contributed by atoms with Crippen molar-refractivity contribution in [3.05, 3.63) is 59.9 Å². The molecule has 0 bridgehead atoms. The van der Waals surface area contributed by atoms with Crippen LogP contribution in [-0.4, -0.2) is 43.3 Å². The van der Waals surface area contributed by atoms with Gasteiger partial charge in [-0.1, -0.05) is 18.2 Å². The highest BCUT2D eigenvalue weighted by molar-refractivity contribution is 5.31. The maximum atomic E-state index is 6.63. The van der Waals surface area contributed by atoms with E-state index in [9.17, 15) is 0 Å². The molecule has 3 rings (SSSR count). The summed E-state index contributed by atoms with van der Waals surface area (Å²) in [6.07, 6.45) is 1.82. The third-order valence-corrected chi connectivity index (χ3v) is 4.27. The first-order chi connectivity index (χ1) is 11.3. The number of ether oxygens (including phenoxy) is 2. The van der Waals surface area contributed by atoms with E-state index in [1.807, 2.05) is 48.7 Å². The predicted octanol–water partition coefficient (Wildman–Crippen LogP) is 2.16. The molecule has 5 heteroatoms. The summed E-state index contributed by atoms with van der Waals surface area (Å²) in [5.41, 5.74) is 8.71. The summed E-state index contributed by atoms with van der Waals surface area (Å²) >= 11 is 0. The van der Waals surface area contributed by atoms with Crippen LogP contribution >= 0.6 is 0 Å². The Hall–Kier alpha value is -1.95. The number of nitrogens with zero attached hydrogens (tertiary/aromatic N) is 2. The van der Waals surface area contributed by atoms with Crippen molar-refractivity contribution in [2.45, 2.75) is 12.1 Å². The number of morpholine rings is 1. The highest BCUT2D eigenvalue weighted by Gasteiger charge is 2.30. The molecule has 1 aromatic heterocycles. The molecule has 2 atom stereocenters. The van der Waals surface area contributed by atoms with E-state index in [1.165, 1.54) is 0 Å². The zero-order valence-electron chi connectivity index (χ0n) is 13.4. The van der Waals surface area contributed by atoms with Crippen LogP contribution in [0.1, 0.15) is 23.3 Å². The minimum atomic E-state index is -0.158. The Morgan fingerprint density at radius 2 is 1.87 bits per heavy atom. The molecule has 1 saturated heterocycles. The Labute approximate surface area is 137 Å². The van der Waals surface area contributed by atoms with Gasteiger partial charge in [0.15, 0.2) is 0 Å². The fraction of sp³-hybridized carbons (Fsp3) is 0.389. The van der Waals surface area contributed by atoms with Crippen molar-refractivity contribution in [1.29, 1.82) is 0 Å². The van der Waals surface area contributed by atoms with Crippen LogP contribution in [0.3, 0.4) is 0 Å². The second-order valence-electron chi connectivity index (χ2n) is 5.65. The van der Waals surface area contributed by atoms with E-state index < -0.39 is 0 Å². The quantitative estimate of drug-likeness (QED) is 0.916. The minimum absolute atomic E-state index is 0.0356. The van der Waals surface area contributed by atoms with E-state index in [-0.39, 0.29) is 12.1 Å². The van der Waals surface area contributed by atoms with Crippen LogP contribution in [0.25, 0.3) is 0 Å². The molecule has 2 N–H and O–H groups in total. The van der Waals surface area contributed by atoms with Crippen LogP contribution in [0.2, 0.25) is 0 Å². The van der Waals surface area contributed by atoms with E-state index in [1.54, 1.807) is 7.11 Å². The van der Waals surface area contributed by atoms with Gasteiger partial charge in [-0.3, -0.25) is 9.88 Å². The number of aromatic nitrogens is 1. The van der Waals surface area contributed by atoms with Gasteiger partial charge in [-0.2, -0.15) is 0 Å². The number of pyridine rings is 1. The minimum Gasteiger partial charge on any atom is -0.497 e. The van der Waals surface area contributed by atoms with Gasteiger partial charge in [0, 0.05) is 19.3 Å². The summed E-state index contributed by atoms with van der Waals surface area (Å²) in [7, 11) is 1.67. The number of benzene rings is 1. The lowest BCUT2D eigenvalue weighted by Crippen LogP contribution is -2.43. The summed E-state index contributed by atoms with van der Waals surface area (Å²) < 4.78 is 10.7. The molecule has 122 valence electrons. The summed E-state index contributed by atoms with van der Waals surface area (Å²) in [6, 6.07) is 13.8. The molecule has 0 saturated carbocycles. The Morgan fingerprint density at radius 1 is 1.13 bits per heavy atom. The van der Waals surface area contributed by atoms with Crippen LogP contribution in [-0.2, 0) is 4.74 Å². The van der Waals surface area contributed by atoms with Gasteiger partial charge < -0.3 is 15.2 Å². The fourth-order valence-corrected chi connectivity index (χ4v) is 3.01. The summed E-state index contributed by atoms with van der Waals surface area (Å²) in [5.74, 6) is 0.835. The average Bonchev–Trinajstić information content (AvgIpc) is 2.64. The first-order valence-electron chi connectivity index (χ1n) is 7.92. The summed E-state index contributed by atoms with van der Waals surface area (Å²) in [5, 5.41) is 0. The van der Waals surface area contributed by atoms with Crippen LogP contribution in [0.5, 0.6) is 5.75 Å². The smallest absolute Gasteiger partial charge is 0.118 e. The number of nitrogens with two attached hydrogens (primary N) is 1. The van der Waals surface area contributed by atoms with Gasteiger partial charge in [-0.25, -0.2) is 0 Å². The molecule has 1 aliphatic rings. The number of rotatable bonds is 5. The zero-order valence-corrected chi connectivity index (χ0v) is 13.4. The topological polar surface area (TPSA) is 60.6 Å². The zero-order chi connectivity index (χ0) is 16.1. The van der Waals surface area contributed by atoms with E-state index in [2.05, 4.69) is 9.88 Å². The van der Waals surface area contributed by atoms with E-state index in [4.69, 9.17) is 15.2 Å². The van der Waals surface area contributed by atoms with Gasteiger partial charge in [0.1, 0.15) is 5.75 Å². The molecule has 2 heterocycles. The Bertz CT molecular complexity index is 597. The average molecular weight is 313 g/mol. The highest BCUT2D eigenvalue weighted by atomic mass is 16.5.